The Kier molecular flexibility index (Phi) is 5.36. The summed E-state index contributed by atoms with van der Waals surface area (Å²) in [5, 5.41) is 4.04. The molecule has 0 bridgehead atoms. The molecule has 2 aromatic rings. The van der Waals surface area contributed by atoms with Crippen LogP contribution in [0.3, 0.4) is 0 Å². The summed E-state index contributed by atoms with van der Waals surface area (Å²) >= 11 is 0. The third-order valence-electron chi connectivity index (χ3n) is 5.61. The van der Waals surface area contributed by atoms with Crippen LogP contribution in [0.25, 0.3) is 11.4 Å². The number of carbonyl (C=O) groups excluding carboxylic acids is 1. The van der Waals surface area contributed by atoms with E-state index < -0.39 is 0 Å². The summed E-state index contributed by atoms with van der Waals surface area (Å²) in [6, 6.07) is 3.86. The molecular formula is C20H27N5O2. The lowest BCUT2D eigenvalue weighted by molar-refractivity contribution is 0.0647. The summed E-state index contributed by atoms with van der Waals surface area (Å²) in [5.41, 5.74) is 0.833. The molecule has 0 N–H and O–H groups in total. The second-order valence-corrected chi connectivity index (χ2v) is 7.70. The van der Waals surface area contributed by atoms with Crippen LogP contribution < -0.4 is 4.90 Å². The number of anilines is 1. The Morgan fingerprint density at radius 1 is 1.11 bits per heavy atom. The molecule has 7 heteroatoms. The normalized spacial score (nSPS) is 19.1. The smallest absolute Gasteiger partial charge is 0.316 e. The minimum atomic E-state index is -0.164. The number of nitrogens with zero attached hydrogens (tertiary/aromatic N) is 5. The van der Waals surface area contributed by atoms with Gasteiger partial charge in [0, 0.05) is 37.9 Å². The highest BCUT2D eigenvalue weighted by molar-refractivity contribution is 5.90. The lowest BCUT2D eigenvalue weighted by atomic mass is 9.99. The predicted octanol–water partition coefficient (Wildman–Crippen LogP) is 3.38. The van der Waals surface area contributed by atoms with Gasteiger partial charge in [-0.1, -0.05) is 24.9 Å². The summed E-state index contributed by atoms with van der Waals surface area (Å²) in [7, 11) is 0. The maximum absolute atomic E-state index is 12.6. The van der Waals surface area contributed by atoms with Crippen molar-refractivity contribution < 1.29 is 9.32 Å². The van der Waals surface area contributed by atoms with E-state index in [-0.39, 0.29) is 11.8 Å². The number of carbonyl (C=O) groups is 1. The van der Waals surface area contributed by atoms with Gasteiger partial charge < -0.3 is 14.3 Å². The van der Waals surface area contributed by atoms with Crippen LogP contribution in [0, 0.1) is 5.92 Å². The number of hydrogen-bond acceptors (Lipinski definition) is 6. The zero-order valence-corrected chi connectivity index (χ0v) is 15.9. The van der Waals surface area contributed by atoms with Crippen molar-refractivity contribution in [1.29, 1.82) is 0 Å². The summed E-state index contributed by atoms with van der Waals surface area (Å²) in [6.07, 6.45) is 8.78. The van der Waals surface area contributed by atoms with Gasteiger partial charge in [0.25, 0.3) is 0 Å². The van der Waals surface area contributed by atoms with Crippen molar-refractivity contribution in [2.24, 2.45) is 5.92 Å². The van der Waals surface area contributed by atoms with E-state index in [0.29, 0.717) is 11.7 Å². The lowest BCUT2D eigenvalue weighted by Gasteiger charge is -2.28. The quantitative estimate of drug-likeness (QED) is 0.825. The van der Waals surface area contributed by atoms with Crippen LogP contribution in [-0.4, -0.2) is 52.1 Å². The van der Waals surface area contributed by atoms with Gasteiger partial charge in [-0.05, 0) is 43.7 Å². The Bertz CT molecular complexity index is 774. The van der Waals surface area contributed by atoms with Gasteiger partial charge in [-0.2, -0.15) is 4.98 Å². The number of rotatable bonds is 3. The molecule has 144 valence electrons. The molecule has 0 aliphatic carbocycles. The monoisotopic (exact) mass is 369 g/mol. The highest BCUT2D eigenvalue weighted by Gasteiger charge is 2.26. The number of amides is 1. The molecule has 2 aliphatic rings. The van der Waals surface area contributed by atoms with Crippen LogP contribution in [-0.2, 0) is 0 Å². The largest absolute Gasteiger partial charge is 0.357 e. The van der Waals surface area contributed by atoms with E-state index >= 15 is 0 Å². The van der Waals surface area contributed by atoms with Gasteiger partial charge in [0.1, 0.15) is 5.82 Å². The van der Waals surface area contributed by atoms with Crippen molar-refractivity contribution in [3.63, 3.8) is 0 Å². The molecule has 4 rings (SSSR count). The van der Waals surface area contributed by atoms with Crippen molar-refractivity contribution in [3.8, 4) is 11.4 Å². The Hall–Kier alpha value is -2.44. The fraction of sp³-hybridized carbons (Fsp3) is 0.600. The fourth-order valence-corrected chi connectivity index (χ4v) is 3.80. The zero-order valence-electron chi connectivity index (χ0n) is 15.9. The Balaban J connectivity index is 1.49. The van der Waals surface area contributed by atoms with Crippen molar-refractivity contribution in [3.05, 3.63) is 24.2 Å². The summed E-state index contributed by atoms with van der Waals surface area (Å²) in [5.74, 6) is 1.97. The molecule has 4 heterocycles. The Morgan fingerprint density at radius 2 is 1.85 bits per heavy atom. The number of hydrogen-bond donors (Lipinski definition) is 0. The number of likely N-dealkylation sites (tertiary alicyclic amines) is 1. The van der Waals surface area contributed by atoms with E-state index in [0.717, 1.165) is 50.4 Å². The molecule has 2 aliphatic heterocycles. The van der Waals surface area contributed by atoms with E-state index in [9.17, 15) is 4.79 Å². The van der Waals surface area contributed by atoms with Crippen LogP contribution in [0.4, 0.5) is 5.82 Å². The summed E-state index contributed by atoms with van der Waals surface area (Å²) < 4.78 is 5.28. The molecule has 0 unspecified atom stereocenters. The SMILES string of the molecule is CC1CCN(C(=O)c2nc(-c3ccnc(N4CCCCCC4)c3)no2)CC1. The average molecular weight is 369 g/mol. The third-order valence-corrected chi connectivity index (χ3v) is 5.61. The number of pyridine rings is 1. The molecule has 0 radical (unpaired) electrons. The lowest BCUT2D eigenvalue weighted by Crippen LogP contribution is -2.38. The average Bonchev–Trinajstić information content (AvgIpc) is 3.04. The molecule has 2 fully saturated rings. The first-order chi connectivity index (χ1) is 13.2. The van der Waals surface area contributed by atoms with E-state index in [1.807, 2.05) is 17.0 Å². The summed E-state index contributed by atoms with van der Waals surface area (Å²) in [6.45, 7) is 5.79. The van der Waals surface area contributed by atoms with Crippen LogP contribution in [0.1, 0.15) is 56.1 Å². The minimum absolute atomic E-state index is 0.0766. The van der Waals surface area contributed by atoms with Gasteiger partial charge in [-0.3, -0.25) is 4.79 Å². The van der Waals surface area contributed by atoms with E-state index in [4.69, 9.17) is 4.52 Å². The van der Waals surface area contributed by atoms with Crippen LogP contribution in [0.5, 0.6) is 0 Å². The molecule has 27 heavy (non-hydrogen) atoms. The molecule has 0 saturated carbocycles. The fourth-order valence-electron chi connectivity index (χ4n) is 3.80. The standard InChI is InChI=1S/C20H27N5O2/c1-15-7-12-25(13-8-15)20(26)19-22-18(23-27-19)16-6-9-21-17(14-16)24-10-4-2-3-5-11-24/h6,9,14-15H,2-5,7-8,10-13H2,1H3. The number of piperidine rings is 1. The van der Waals surface area contributed by atoms with Crippen molar-refractivity contribution in [2.45, 2.75) is 45.4 Å². The first-order valence-corrected chi connectivity index (χ1v) is 10.0. The molecule has 7 nitrogen and oxygen atoms in total. The van der Waals surface area contributed by atoms with Crippen molar-refractivity contribution in [1.82, 2.24) is 20.0 Å². The first-order valence-electron chi connectivity index (χ1n) is 10.0. The first kappa shape index (κ1) is 17.9. The molecular weight excluding hydrogens is 342 g/mol. The van der Waals surface area contributed by atoms with Gasteiger partial charge in [0.2, 0.25) is 5.82 Å². The van der Waals surface area contributed by atoms with E-state index in [1.54, 1.807) is 6.20 Å². The van der Waals surface area contributed by atoms with Crippen LogP contribution >= 0.6 is 0 Å². The van der Waals surface area contributed by atoms with Crippen LogP contribution in [0.15, 0.2) is 22.9 Å². The summed E-state index contributed by atoms with van der Waals surface area (Å²) in [4.78, 5) is 25.6. The van der Waals surface area contributed by atoms with Crippen LogP contribution in [0.2, 0.25) is 0 Å². The second-order valence-electron chi connectivity index (χ2n) is 7.70. The molecule has 0 atom stereocenters. The Morgan fingerprint density at radius 3 is 2.59 bits per heavy atom. The third kappa shape index (κ3) is 4.12. The zero-order chi connectivity index (χ0) is 18.6. The minimum Gasteiger partial charge on any atom is -0.357 e. The second kappa shape index (κ2) is 8.06. The van der Waals surface area contributed by atoms with Crippen molar-refractivity contribution in [2.75, 3.05) is 31.1 Å². The Labute approximate surface area is 159 Å². The molecule has 0 aromatic carbocycles. The number of aromatic nitrogens is 3. The van der Waals surface area contributed by atoms with E-state index in [2.05, 4.69) is 26.9 Å². The molecule has 0 spiro atoms. The van der Waals surface area contributed by atoms with Gasteiger partial charge in [-0.15, -0.1) is 0 Å². The topological polar surface area (TPSA) is 75.4 Å². The molecule has 2 saturated heterocycles. The van der Waals surface area contributed by atoms with Gasteiger partial charge >= 0.3 is 11.8 Å². The van der Waals surface area contributed by atoms with Gasteiger partial charge in [0.15, 0.2) is 0 Å². The molecule has 2 aromatic heterocycles. The maximum Gasteiger partial charge on any atom is 0.316 e. The van der Waals surface area contributed by atoms with Gasteiger partial charge in [0.05, 0.1) is 0 Å². The predicted molar refractivity (Wildman–Crippen MR) is 103 cm³/mol. The van der Waals surface area contributed by atoms with Gasteiger partial charge in [-0.25, -0.2) is 4.98 Å². The maximum atomic E-state index is 12.6. The molecule has 1 amide bonds. The van der Waals surface area contributed by atoms with Crippen molar-refractivity contribution >= 4 is 11.7 Å². The van der Waals surface area contributed by atoms with E-state index in [1.165, 1.54) is 25.7 Å². The highest BCUT2D eigenvalue weighted by atomic mass is 16.5. The highest BCUT2D eigenvalue weighted by Crippen LogP contribution is 2.24.